The van der Waals surface area contributed by atoms with E-state index < -0.39 is 0 Å². The van der Waals surface area contributed by atoms with Gasteiger partial charge in [0, 0.05) is 6.42 Å². The SMILES string of the molecule is CC1CC[C@@]2(C)CC[C@H]3[C@@H](CCC4=CC(=O)CC[C@@]43C)[C@H]12. The molecule has 0 aromatic heterocycles. The summed E-state index contributed by atoms with van der Waals surface area (Å²) < 4.78 is 0. The molecule has 0 aromatic carbocycles. The zero-order valence-electron chi connectivity index (χ0n) is 14.0. The molecule has 4 aliphatic carbocycles. The molecule has 0 aromatic rings. The van der Waals surface area contributed by atoms with Crippen LogP contribution in [0.15, 0.2) is 11.6 Å². The van der Waals surface area contributed by atoms with Crippen molar-refractivity contribution in [3.63, 3.8) is 0 Å². The topological polar surface area (TPSA) is 17.1 Å². The summed E-state index contributed by atoms with van der Waals surface area (Å²) in [5.74, 6) is 4.03. The number of allylic oxidation sites excluding steroid dienone is 1. The quantitative estimate of drug-likeness (QED) is 0.601. The maximum atomic E-state index is 11.8. The molecular formula is C20H30O. The van der Waals surface area contributed by atoms with Crippen molar-refractivity contribution in [1.29, 1.82) is 0 Å². The van der Waals surface area contributed by atoms with Crippen molar-refractivity contribution in [2.45, 2.75) is 72.1 Å². The third kappa shape index (κ3) is 1.85. The van der Waals surface area contributed by atoms with Gasteiger partial charge in [-0.25, -0.2) is 0 Å². The molecule has 4 aliphatic rings. The number of ketones is 1. The van der Waals surface area contributed by atoms with Gasteiger partial charge < -0.3 is 0 Å². The number of carbonyl (C=O) groups excluding carboxylic acids is 1. The molecule has 1 nitrogen and oxygen atoms in total. The van der Waals surface area contributed by atoms with E-state index in [4.69, 9.17) is 0 Å². The maximum Gasteiger partial charge on any atom is 0.155 e. The average Bonchev–Trinajstić information content (AvgIpc) is 2.76. The van der Waals surface area contributed by atoms with Crippen molar-refractivity contribution in [3.05, 3.63) is 11.6 Å². The van der Waals surface area contributed by atoms with Gasteiger partial charge >= 0.3 is 0 Å². The van der Waals surface area contributed by atoms with Crippen LogP contribution in [0.4, 0.5) is 0 Å². The van der Waals surface area contributed by atoms with Gasteiger partial charge in [0.15, 0.2) is 5.78 Å². The Bertz CT molecular complexity index is 504. The molecule has 1 heteroatoms. The molecule has 0 amide bonds. The zero-order valence-corrected chi connectivity index (χ0v) is 14.0. The largest absolute Gasteiger partial charge is 0.295 e. The normalized spacial score (nSPS) is 52.7. The van der Waals surface area contributed by atoms with Gasteiger partial charge in [-0.1, -0.05) is 26.3 Å². The summed E-state index contributed by atoms with van der Waals surface area (Å²) in [5, 5.41) is 0. The van der Waals surface area contributed by atoms with Crippen LogP contribution >= 0.6 is 0 Å². The van der Waals surface area contributed by atoms with Gasteiger partial charge in [-0.2, -0.15) is 0 Å². The van der Waals surface area contributed by atoms with E-state index in [9.17, 15) is 4.79 Å². The van der Waals surface area contributed by atoms with Gasteiger partial charge in [-0.15, -0.1) is 0 Å². The van der Waals surface area contributed by atoms with Crippen LogP contribution in [0.1, 0.15) is 72.1 Å². The highest BCUT2D eigenvalue weighted by Gasteiger charge is 2.57. The molecule has 1 unspecified atom stereocenters. The van der Waals surface area contributed by atoms with Crippen molar-refractivity contribution >= 4 is 5.78 Å². The van der Waals surface area contributed by atoms with Gasteiger partial charge in [0.25, 0.3) is 0 Å². The number of carbonyl (C=O) groups is 1. The summed E-state index contributed by atoms with van der Waals surface area (Å²) in [5.41, 5.74) is 2.48. The first-order valence-corrected chi connectivity index (χ1v) is 9.18. The van der Waals surface area contributed by atoms with E-state index in [1.54, 1.807) is 0 Å². The summed E-state index contributed by atoms with van der Waals surface area (Å²) in [7, 11) is 0. The lowest BCUT2D eigenvalue weighted by atomic mass is 9.47. The number of hydrogen-bond donors (Lipinski definition) is 0. The lowest BCUT2D eigenvalue weighted by molar-refractivity contribution is -0.117. The van der Waals surface area contributed by atoms with Crippen LogP contribution in [0.5, 0.6) is 0 Å². The summed E-state index contributed by atoms with van der Waals surface area (Å²) in [6.07, 6.45) is 12.2. The third-order valence-corrected chi connectivity index (χ3v) is 8.12. The first-order valence-electron chi connectivity index (χ1n) is 9.18. The lowest BCUT2D eigenvalue weighted by Gasteiger charge is -2.58. The van der Waals surface area contributed by atoms with Crippen LogP contribution in [0.2, 0.25) is 0 Å². The summed E-state index contributed by atoms with van der Waals surface area (Å²) in [6.45, 7) is 7.58. The Balaban J connectivity index is 1.71. The average molecular weight is 286 g/mol. The Morgan fingerprint density at radius 3 is 2.62 bits per heavy atom. The Hall–Kier alpha value is -0.590. The molecule has 0 bridgehead atoms. The highest BCUT2D eigenvalue weighted by atomic mass is 16.1. The fraction of sp³-hybridized carbons (Fsp3) is 0.850. The molecule has 0 heterocycles. The van der Waals surface area contributed by atoms with Crippen molar-refractivity contribution in [2.75, 3.05) is 0 Å². The van der Waals surface area contributed by atoms with Crippen molar-refractivity contribution < 1.29 is 4.79 Å². The highest BCUT2D eigenvalue weighted by molar-refractivity contribution is 5.91. The minimum Gasteiger partial charge on any atom is -0.295 e. The summed E-state index contributed by atoms with van der Waals surface area (Å²) in [6, 6.07) is 0. The second kappa shape index (κ2) is 4.46. The Morgan fingerprint density at radius 1 is 1.05 bits per heavy atom. The first-order chi connectivity index (χ1) is 9.94. The molecule has 3 fully saturated rings. The second-order valence-corrected chi connectivity index (χ2v) is 9.10. The molecule has 116 valence electrons. The molecular weight excluding hydrogens is 256 g/mol. The van der Waals surface area contributed by atoms with Gasteiger partial charge in [0.05, 0.1) is 0 Å². The molecule has 4 rings (SSSR count). The molecule has 6 atom stereocenters. The van der Waals surface area contributed by atoms with Crippen LogP contribution in [0.25, 0.3) is 0 Å². The van der Waals surface area contributed by atoms with E-state index in [-0.39, 0.29) is 0 Å². The van der Waals surface area contributed by atoms with E-state index in [0.29, 0.717) is 16.6 Å². The fourth-order valence-electron chi connectivity index (χ4n) is 7.02. The van der Waals surface area contributed by atoms with E-state index in [1.165, 1.54) is 44.1 Å². The third-order valence-electron chi connectivity index (χ3n) is 8.12. The fourth-order valence-corrected chi connectivity index (χ4v) is 7.02. The van der Waals surface area contributed by atoms with Gasteiger partial charge in [-0.3, -0.25) is 4.79 Å². The summed E-state index contributed by atoms with van der Waals surface area (Å²) in [4.78, 5) is 11.8. The summed E-state index contributed by atoms with van der Waals surface area (Å²) >= 11 is 0. The van der Waals surface area contributed by atoms with Crippen molar-refractivity contribution in [2.24, 2.45) is 34.5 Å². The van der Waals surface area contributed by atoms with Gasteiger partial charge in [0.2, 0.25) is 0 Å². The smallest absolute Gasteiger partial charge is 0.155 e. The molecule has 0 N–H and O–H groups in total. The number of hydrogen-bond acceptors (Lipinski definition) is 1. The van der Waals surface area contributed by atoms with Crippen LogP contribution in [-0.2, 0) is 4.79 Å². The van der Waals surface area contributed by atoms with E-state index in [2.05, 4.69) is 20.8 Å². The molecule has 0 saturated heterocycles. The molecule has 3 saturated carbocycles. The second-order valence-electron chi connectivity index (χ2n) is 9.10. The highest BCUT2D eigenvalue weighted by Crippen LogP contribution is 2.66. The number of rotatable bonds is 0. The Labute approximate surface area is 129 Å². The van der Waals surface area contributed by atoms with E-state index in [1.807, 2.05) is 6.08 Å². The van der Waals surface area contributed by atoms with E-state index >= 15 is 0 Å². The first kappa shape index (κ1) is 14.0. The maximum absolute atomic E-state index is 11.8. The molecule has 0 spiro atoms. The van der Waals surface area contributed by atoms with Crippen LogP contribution < -0.4 is 0 Å². The predicted molar refractivity (Wildman–Crippen MR) is 85.9 cm³/mol. The number of fused-ring (bicyclic) bond motifs is 5. The van der Waals surface area contributed by atoms with Crippen molar-refractivity contribution in [1.82, 2.24) is 0 Å². The zero-order chi connectivity index (χ0) is 14.8. The van der Waals surface area contributed by atoms with Crippen LogP contribution in [-0.4, -0.2) is 5.78 Å². The molecule has 21 heavy (non-hydrogen) atoms. The predicted octanol–water partition coefficient (Wildman–Crippen LogP) is 5.15. The van der Waals surface area contributed by atoms with Gasteiger partial charge in [0.1, 0.15) is 0 Å². The molecule has 0 aliphatic heterocycles. The monoisotopic (exact) mass is 286 g/mol. The van der Waals surface area contributed by atoms with Crippen molar-refractivity contribution in [3.8, 4) is 0 Å². The minimum atomic E-state index is 0.348. The standard InChI is InChI=1S/C20H30O/c1-13-6-9-19(2)10-8-17-16(18(13)19)5-4-14-12-15(21)7-11-20(14,17)3/h12-13,16-18H,4-11H2,1-3H3/t13?,16-,17+,18+,19+,20+/m1/s1. The van der Waals surface area contributed by atoms with Gasteiger partial charge in [-0.05, 0) is 85.5 Å². The van der Waals surface area contributed by atoms with E-state index in [0.717, 1.165) is 36.5 Å². The minimum absolute atomic E-state index is 0.348. The lowest BCUT2D eigenvalue weighted by Crippen LogP contribution is -2.50. The Morgan fingerprint density at radius 2 is 1.81 bits per heavy atom. The Kier molecular flexibility index (Phi) is 2.98. The van der Waals surface area contributed by atoms with Crippen LogP contribution in [0.3, 0.4) is 0 Å². The molecule has 0 radical (unpaired) electrons. The van der Waals surface area contributed by atoms with Crippen LogP contribution in [0, 0.1) is 34.5 Å².